The van der Waals surface area contributed by atoms with Gasteiger partial charge in [0, 0.05) is 25.6 Å². The molecule has 2 aliphatic rings. The molecule has 0 radical (unpaired) electrons. The van der Waals surface area contributed by atoms with Crippen molar-refractivity contribution in [3.8, 4) is 0 Å². The van der Waals surface area contributed by atoms with Crippen molar-refractivity contribution in [1.82, 2.24) is 15.5 Å². The number of hydrogen-bond acceptors (Lipinski definition) is 6. The molecule has 1 aromatic rings. The summed E-state index contributed by atoms with van der Waals surface area (Å²) in [5, 5.41) is 5.43. The van der Waals surface area contributed by atoms with E-state index < -0.39 is 23.8 Å². The standard InChI is InChI=1S/C19H24N4O4/c1-2-4-12(20)10-21-9-11-5-3-6-13-16(11)19(27)23(18(13)26)14-7-8-15(24)22-17(14)25/h3,5-6,12,14,21H,2,4,7-10,20H2,1H3,(H,22,24,25). The largest absolute Gasteiger partial charge is 0.327 e. The van der Waals surface area contributed by atoms with E-state index >= 15 is 0 Å². The van der Waals surface area contributed by atoms with Crippen LogP contribution in [0, 0.1) is 0 Å². The first kappa shape index (κ1) is 19.2. The molecule has 27 heavy (non-hydrogen) atoms. The van der Waals surface area contributed by atoms with Crippen LogP contribution < -0.4 is 16.4 Å². The Morgan fingerprint density at radius 2 is 2.04 bits per heavy atom. The van der Waals surface area contributed by atoms with Crippen LogP contribution in [-0.4, -0.2) is 47.2 Å². The molecule has 4 amide bonds. The summed E-state index contributed by atoms with van der Waals surface area (Å²) in [5.41, 5.74) is 7.31. The highest BCUT2D eigenvalue weighted by molar-refractivity contribution is 6.24. The topological polar surface area (TPSA) is 122 Å². The van der Waals surface area contributed by atoms with Crippen LogP contribution in [0.15, 0.2) is 18.2 Å². The lowest BCUT2D eigenvalue weighted by Crippen LogP contribution is -2.54. The lowest BCUT2D eigenvalue weighted by Gasteiger charge is -2.27. The molecule has 2 heterocycles. The van der Waals surface area contributed by atoms with Crippen molar-refractivity contribution in [3.05, 3.63) is 34.9 Å². The van der Waals surface area contributed by atoms with E-state index in [2.05, 4.69) is 17.6 Å². The van der Waals surface area contributed by atoms with Crippen LogP contribution in [0.4, 0.5) is 0 Å². The average molecular weight is 372 g/mol. The molecule has 3 rings (SSSR count). The van der Waals surface area contributed by atoms with Gasteiger partial charge in [-0.05, 0) is 24.5 Å². The number of piperidine rings is 1. The van der Waals surface area contributed by atoms with Crippen LogP contribution in [-0.2, 0) is 16.1 Å². The third kappa shape index (κ3) is 3.77. The van der Waals surface area contributed by atoms with Gasteiger partial charge in [0.15, 0.2) is 0 Å². The van der Waals surface area contributed by atoms with Crippen LogP contribution in [0.25, 0.3) is 0 Å². The number of nitrogens with two attached hydrogens (primary N) is 1. The van der Waals surface area contributed by atoms with E-state index in [1.165, 1.54) is 0 Å². The summed E-state index contributed by atoms with van der Waals surface area (Å²) in [7, 11) is 0. The number of carbonyl (C=O) groups excluding carboxylic acids is 4. The summed E-state index contributed by atoms with van der Waals surface area (Å²) in [4.78, 5) is 50.2. The molecule has 8 nitrogen and oxygen atoms in total. The molecule has 0 bridgehead atoms. The third-order valence-electron chi connectivity index (χ3n) is 4.94. The van der Waals surface area contributed by atoms with E-state index in [4.69, 9.17) is 5.73 Å². The van der Waals surface area contributed by atoms with Crippen molar-refractivity contribution >= 4 is 23.6 Å². The van der Waals surface area contributed by atoms with Crippen LogP contribution >= 0.6 is 0 Å². The van der Waals surface area contributed by atoms with Gasteiger partial charge in [-0.25, -0.2) is 0 Å². The van der Waals surface area contributed by atoms with Gasteiger partial charge in [0.1, 0.15) is 6.04 Å². The Hall–Kier alpha value is -2.58. The molecule has 2 unspecified atom stereocenters. The van der Waals surface area contributed by atoms with Crippen molar-refractivity contribution < 1.29 is 19.2 Å². The van der Waals surface area contributed by atoms with Gasteiger partial charge in [0.2, 0.25) is 11.8 Å². The molecule has 0 spiro atoms. The summed E-state index contributed by atoms with van der Waals surface area (Å²) >= 11 is 0. The van der Waals surface area contributed by atoms with E-state index in [9.17, 15) is 19.2 Å². The highest BCUT2D eigenvalue weighted by Gasteiger charge is 2.45. The molecule has 1 fully saturated rings. The highest BCUT2D eigenvalue weighted by Crippen LogP contribution is 2.29. The number of nitrogens with zero attached hydrogens (tertiary/aromatic N) is 1. The second-order valence-corrected chi connectivity index (χ2v) is 6.97. The predicted octanol–water partition coefficient (Wildman–Crippen LogP) is 0.305. The Morgan fingerprint density at radius 1 is 1.26 bits per heavy atom. The molecule has 2 aliphatic heterocycles. The van der Waals surface area contributed by atoms with Crippen molar-refractivity contribution in [2.24, 2.45) is 5.73 Å². The number of hydrogen-bond donors (Lipinski definition) is 3. The van der Waals surface area contributed by atoms with E-state index in [1.54, 1.807) is 18.2 Å². The first-order valence-corrected chi connectivity index (χ1v) is 9.23. The van der Waals surface area contributed by atoms with Crippen LogP contribution in [0.2, 0.25) is 0 Å². The maximum Gasteiger partial charge on any atom is 0.262 e. The minimum absolute atomic E-state index is 0.0315. The number of fused-ring (bicyclic) bond motifs is 1. The number of rotatable bonds is 7. The Morgan fingerprint density at radius 3 is 2.74 bits per heavy atom. The van der Waals surface area contributed by atoms with E-state index in [0.29, 0.717) is 29.8 Å². The zero-order chi connectivity index (χ0) is 19.6. The molecule has 0 aromatic heterocycles. The first-order valence-electron chi connectivity index (χ1n) is 9.23. The number of carbonyl (C=O) groups is 4. The second-order valence-electron chi connectivity index (χ2n) is 6.97. The molecule has 0 saturated carbocycles. The number of amides is 4. The summed E-state index contributed by atoms with van der Waals surface area (Å²) in [6, 6.07) is 4.18. The average Bonchev–Trinajstić information content (AvgIpc) is 2.87. The maximum atomic E-state index is 12.9. The molecule has 8 heteroatoms. The molecule has 4 N–H and O–H groups in total. The summed E-state index contributed by atoms with van der Waals surface area (Å²) in [6.45, 7) is 3.08. The van der Waals surface area contributed by atoms with E-state index in [1.807, 2.05) is 0 Å². The molecule has 1 aromatic carbocycles. The zero-order valence-corrected chi connectivity index (χ0v) is 15.3. The van der Waals surface area contributed by atoms with Crippen LogP contribution in [0.5, 0.6) is 0 Å². The van der Waals surface area contributed by atoms with Gasteiger partial charge in [-0.1, -0.05) is 25.5 Å². The molecule has 1 saturated heterocycles. The highest BCUT2D eigenvalue weighted by atomic mass is 16.2. The molecular formula is C19H24N4O4. The van der Waals surface area contributed by atoms with Crippen molar-refractivity contribution in [2.45, 2.75) is 51.2 Å². The minimum Gasteiger partial charge on any atom is -0.327 e. The smallest absolute Gasteiger partial charge is 0.262 e. The lowest BCUT2D eigenvalue weighted by atomic mass is 10.0. The van der Waals surface area contributed by atoms with Crippen molar-refractivity contribution in [1.29, 1.82) is 0 Å². The minimum atomic E-state index is -0.950. The van der Waals surface area contributed by atoms with Gasteiger partial charge in [-0.3, -0.25) is 29.4 Å². The maximum absolute atomic E-state index is 12.9. The fourth-order valence-electron chi connectivity index (χ4n) is 3.60. The summed E-state index contributed by atoms with van der Waals surface area (Å²) in [6.07, 6.45) is 2.15. The Balaban J connectivity index is 1.78. The van der Waals surface area contributed by atoms with Gasteiger partial charge in [-0.15, -0.1) is 0 Å². The van der Waals surface area contributed by atoms with Gasteiger partial charge < -0.3 is 11.1 Å². The fourth-order valence-corrected chi connectivity index (χ4v) is 3.60. The number of imide groups is 2. The van der Waals surface area contributed by atoms with Crippen LogP contribution in [0.1, 0.15) is 58.9 Å². The predicted molar refractivity (Wildman–Crippen MR) is 97.7 cm³/mol. The molecule has 0 aliphatic carbocycles. The van der Waals surface area contributed by atoms with Gasteiger partial charge in [0.25, 0.3) is 11.8 Å². The monoisotopic (exact) mass is 372 g/mol. The first-order chi connectivity index (χ1) is 12.9. The lowest BCUT2D eigenvalue weighted by molar-refractivity contribution is -0.136. The van der Waals surface area contributed by atoms with E-state index in [-0.39, 0.29) is 24.8 Å². The van der Waals surface area contributed by atoms with E-state index in [0.717, 1.165) is 17.7 Å². The van der Waals surface area contributed by atoms with Crippen molar-refractivity contribution in [2.75, 3.05) is 6.54 Å². The fraction of sp³-hybridized carbons (Fsp3) is 0.474. The molecule has 2 atom stereocenters. The van der Waals surface area contributed by atoms with Gasteiger partial charge in [-0.2, -0.15) is 0 Å². The number of benzene rings is 1. The Labute approximate surface area is 157 Å². The Kier molecular flexibility index (Phi) is 5.67. The quantitative estimate of drug-likeness (QED) is 0.592. The molecule has 144 valence electrons. The van der Waals surface area contributed by atoms with Gasteiger partial charge in [0.05, 0.1) is 11.1 Å². The SMILES string of the molecule is CCCC(N)CNCc1cccc2c1C(=O)N(C1CCC(=O)NC1=O)C2=O. The second kappa shape index (κ2) is 7.98. The van der Waals surface area contributed by atoms with Gasteiger partial charge >= 0.3 is 0 Å². The van der Waals surface area contributed by atoms with Crippen LogP contribution in [0.3, 0.4) is 0 Å². The number of nitrogens with one attached hydrogen (secondary N) is 2. The third-order valence-corrected chi connectivity index (χ3v) is 4.94. The van der Waals surface area contributed by atoms with Crippen molar-refractivity contribution in [3.63, 3.8) is 0 Å². The Bertz CT molecular complexity index is 792. The molecular weight excluding hydrogens is 348 g/mol. The summed E-state index contributed by atoms with van der Waals surface area (Å²) < 4.78 is 0. The normalized spacial score (nSPS) is 20.7. The summed E-state index contributed by atoms with van der Waals surface area (Å²) in [5.74, 6) is -1.97. The zero-order valence-electron chi connectivity index (χ0n) is 15.3.